The summed E-state index contributed by atoms with van der Waals surface area (Å²) in [7, 11) is 1.77. The number of aromatic nitrogens is 2. The minimum atomic E-state index is 0.586. The molecule has 1 fully saturated rings. The second kappa shape index (κ2) is 5.65. The largest absolute Gasteiger partial charge is 0.383 e. The molecule has 0 unspecified atom stereocenters. The van der Waals surface area contributed by atoms with Crippen LogP contribution in [-0.4, -0.2) is 48.0 Å². The molecule has 0 aromatic carbocycles. The van der Waals surface area contributed by atoms with Crippen molar-refractivity contribution >= 4 is 0 Å². The molecule has 0 atom stereocenters. The number of hydrogen-bond acceptors (Lipinski definition) is 3. The molecule has 1 saturated heterocycles. The van der Waals surface area contributed by atoms with Gasteiger partial charge in [0.05, 0.1) is 18.3 Å². The zero-order valence-corrected chi connectivity index (χ0v) is 11.1. The van der Waals surface area contributed by atoms with Gasteiger partial charge in [-0.2, -0.15) is 5.10 Å². The third-order valence-electron chi connectivity index (χ3n) is 3.56. The Bertz CT molecular complexity index is 354. The second-order valence-electron chi connectivity index (χ2n) is 4.94. The van der Waals surface area contributed by atoms with Crippen LogP contribution in [0.5, 0.6) is 0 Å². The average Bonchev–Trinajstić information content (AvgIpc) is 2.66. The van der Waals surface area contributed by atoms with E-state index in [1.165, 1.54) is 18.5 Å². The fourth-order valence-corrected chi connectivity index (χ4v) is 2.62. The molecular formula is C13H23N3O. The maximum absolute atomic E-state index is 5.12. The summed E-state index contributed by atoms with van der Waals surface area (Å²) >= 11 is 0. The van der Waals surface area contributed by atoms with Gasteiger partial charge >= 0.3 is 0 Å². The predicted molar refractivity (Wildman–Crippen MR) is 68.3 cm³/mol. The number of nitrogens with zero attached hydrogens (tertiary/aromatic N) is 3. The van der Waals surface area contributed by atoms with Gasteiger partial charge in [-0.3, -0.25) is 4.68 Å². The second-order valence-corrected chi connectivity index (χ2v) is 4.94. The smallest absolute Gasteiger partial charge is 0.0596 e. The fraction of sp³-hybridized carbons (Fsp3) is 0.769. The first kappa shape index (κ1) is 12.6. The van der Waals surface area contributed by atoms with Crippen LogP contribution in [0.4, 0.5) is 0 Å². The number of likely N-dealkylation sites (tertiary alicyclic amines) is 1. The molecule has 0 aliphatic carbocycles. The van der Waals surface area contributed by atoms with Crippen LogP contribution in [0.1, 0.15) is 30.3 Å². The van der Waals surface area contributed by atoms with E-state index in [2.05, 4.69) is 34.6 Å². The van der Waals surface area contributed by atoms with E-state index in [1.54, 1.807) is 7.11 Å². The molecule has 0 amide bonds. The summed E-state index contributed by atoms with van der Waals surface area (Å²) in [5.74, 6) is 0. The van der Waals surface area contributed by atoms with E-state index in [9.17, 15) is 0 Å². The zero-order valence-electron chi connectivity index (χ0n) is 11.1. The lowest BCUT2D eigenvalue weighted by atomic mass is 10.1. The molecule has 0 spiro atoms. The average molecular weight is 237 g/mol. The Labute approximate surface area is 104 Å². The van der Waals surface area contributed by atoms with Gasteiger partial charge in [-0.25, -0.2) is 0 Å². The van der Waals surface area contributed by atoms with Gasteiger partial charge in [-0.15, -0.1) is 0 Å². The summed E-state index contributed by atoms with van der Waals surface area (Å²) in [6.07, 6.45) is 2.40. The molecule has 96 valence electrons. The van der Waals surface area contributed by atoms with Crippen LogP contribution in [0.2, 0.25) is 0 Å². The van der Waals surface area contributed by atoms with E-state index < -0.39 is 0 Å². The molecule has 0 saturated carbocycles. The molecule has 1 aliphatic heterocycles. The minimum absolute atomic E-state index is 0.586. The number of ether oxygens (including phenoxy) is 1. The molecule has 2 rings (SSSR count). The topological polar surface area (TPSA) is 30.3 Å². The van der Waals surface area contributed by atoms with Crippen molar-refractivity contribution in [1.29, 1.82) is 0 Å². The Balaban J connectivity index is 1.88. The maximum atomic E-state index is 5.12. The van der Waals surface area contributed by atoms with Crippen LogP contribution >= 0.6 is 0 Å². The molecule has 0 bridgehead atoms. The summed E-state index contributed by atoms with van der Waals surface area (Å²) < 4.78 is 7.33. The molecule has 1 aliphatic rings. The lowest BCUT2D eigenvalue weighted by Gasteiger charge is -2.32. The van der Waals surface area contributed by atoms with E-state index in [1.807, 2.05) is 0 Å². The van der Waals surface area contributed by atoms with Gasteiger partial charge < -0.3 is 9.64 Å². The van der Waals surface area contributed by atoms with Gasteiger partial charge in [0, 0.05) is 32.4 Å². The van der Waals surface area contributed by atoms with Crippen molar-refractivity contribution in [2.45, 2.75) is 32.7 Å². The summed E-state index contributed by atoms with van der Waals surface area (Å²) in [5, 5.41) is 4.59. The quantitative estimate of drug-likeness (QED) is 0.799. The molecular weight excluding hydrogens is 214 g/mol. The zero-order chi connectivity index (χ0) is 12.3. The molecule has 17 heavy (non-hydrogen) atoms. The van der Waals surface area contributed by atoms with Gasteiger partial charge in [0.25, 0.3) is 0 Å². The highest BCUT2D eigenvalue weighted by Crippen LogP contribution is 2.23. The fourth-order valence-electron chi connectivity index (χ4n) is 2.62. The van der Waals surface area contributed by atoms with E-state index in [-0.39, 0.29) is 0 Å². The lowest BCUT2D eigenvalue weighted by molar-refractivity contribution is 0.119. The van der Waals surface area contributed by atoms with Gasteiger partial charge in [0.1, 0.15) is 0 Å². The third kappa shape index (κ3) is 3.07. The van der Waals surface area contributed by atoms with E-state index in [4.69, 9.17) is 4.74 Å². The number of methoxy groups -OCH3 is 1. The van der Waals surface area contributed by atoms with Gasteiger partial charge in [-0.1, -0.05) is 0 Å². The highest BCUT2D eigenvalue weighted by atomic mass is 16.5. The van der Waals surface area contributed by atoms with E-state index in [0.717, 1.165) is 31.9 Å². The van der Waals surface area contributed by atoms with Crippen LogP contribution in [-0.2, 0) is 4.74 Å². The molecule has 4 nitrogen and oxygen atoms in total. The molecule has 0 radical (unpaired) electrons. The summed E-state index contributed by atoms with van der Waals surface area (Å²) in [4.78, 5) is 2.48. The maximum Gasteiger partial charge on any atom is 0.0596 e. The first-order valence-corrected chi connectivity index (χ1v) is 6.44. The van der Waals surface area contributed by atoms with Crippen molar-refractivity contribution in [3.05, 3.63) is 17.5 Å². The number of rotatable bonds is 4. The van der Waals surface area contributed by atoms with Crippen molar-refractivity contribution in [3.63, 3.8) is 0 Å². The monoisotopic (exact) mass is 237 g/mol. The van der Waals surface area contributed by atoms with Crippen LogP contribution in [0.3, 0.4) is 0 Å². The number of piperidine rings is 1. The Morgan fingerprint density at radius 2 is 2.06 bits per heavy atom. The van der Waals surface area contributed by atoms with Crippen molar-refractivity contribution in [1.82, 2.24) is 14.7 Å². The predicted octanol–water partition coefficient (Wildman–Crippen LogP) is 1.78. The van der Waals surface area contributed by atoms with E-state index in [0.29, 0.717) is 6.04 Å². The molecule has 2 heterocycles. The SMILES string of the molecule is COCCN1CCC(n2nc(C)cc2C)CC1. The van der Waals surface area contributed by atoms with Crippen LogP contribution < -0.4 is 0 Å². The standard InChI is InChI=1S/C13H23N3O/c1-11-10-12(2)16(14-11)13-4-6-15(7-5-13)8-9-17-3/h10,13H,4-9H2,1-3H3. The van der Waals surface area contributed by atoms with Crippen LogP contribution in [0.15, 0.2) is 6.07 Å². The first-order chi connectivity index (χ1) is 8.20. The number of aryl methyl sites for hydroxylation is 2. The van der Waals surface area contributed by atoms with E-state index >= 15 is 0 Å². The van der Waals surface area contributed by atoms with Crippen molar-refractivity contribution in [2.75, 3.05) is 33.4 Å². The third-order valence-corrected chi connectivity index (χ3v) is 3.56. The molecule has 1 aromatic rings. The van der Waals surface area contributed by atoms with Gasteiger partial charge in [0.15, 0.2) is 0 Å². The molecule has 1 aromatic heterocycles. The Kier molecular flexibility index (Phi) is 4.18. The van der Waals surface area contributed by atoms with Gasteiger partial charge in [0.2, 0.25) is 0 Å². The molecule has 0 N–H and O–H groups in total. The highest BCUT2D eigenvalue weighted by Gasteiger charge is 2.21. The van der Waals surface area contributed by atoms with Crippen molar-refractivity contribution in [3.8, 4) is 0 Å². The lowest BCUT2D eigenvalue weighted by Crippen LogP contribution is -2.37. The molecule has 4 heteroatoms. The van der Waals surface area contributed by atoms with Crippen LogP contribution in [0.25, 0.3) is 0 Å². The number of hydrogen-bond donors (Lipinski definition) is 0. The Hall–Kier alpha value is -0.870. The first-order valence-electron chi connectivity index (χ1n) is 6.44. The Morgan fingerprint density at radius 3 is 2.59 bits per heavy atom. The minimum Gasteiger partial charge on any atom is -0.383 e. The Morgan fingerprint density at radius 1 is 1.35 bits per heavy atom. The van der Waals surface area contributed by atoms with Crippen molar-refractivity contribution in [2.24, 2.45) is 0 Å². The van der Waals surface area contributed by atoms with Gasteiger partial charge in [-0.05, 0) is 32.8 Å². The normalized spacial score (nSPS) is 18.8. The summed E-state index contributed by atoms with van der Waals surface area (Å²) in [5.41, 5.74) is 2.42. The van der Waals surface area contributed by atoms with Crippen LogP contribution in [0, 0.1) is 13.8 Å². The summed E-state index contributed by atoms with van der Waals surface area (Å²) in [6.45, 7) is 8.43. The van der Waals surface area contributed by atoms with Crippen molar-refractivity contribution < 1.29 is 4.74 Å². The highest BCUT2D eigenvalue weighted by molar-refractivity contribution is 5.07. The summed E-state index contributed by atoms with van der Waals surface area (Å²) in [6, 6.07) is 2.75.